The van der Waals surface area contributed by atoms with Crippen LogP contribution in [-0.4, -0.2) is 54.1 Å². The van der Waals surface area contributed by atoms with Crippen molar-refractivity contribution in [3.8, 4) is 0 Å². The number of hydrogen-bond acceptors (Lipinski definition) is 4. The number of carbonyl (C=O) groups is 1. The molecule has 0 N–H and O–H groups in total. The van der Waals surface area contributed by atoms with Crippen LogP contribution in [0.2, 0.25) is 0 Å². The molecule has 2 rings (SSSR count). The van der Waals surface area contributed by atoms with Gasteiger partial charge in [0.1, 0.15) is 12.0 Å². The topological polar surface area (TPSA) is 41.4 Å². The maximum absolute atomic E-state index is 10.7. The van der Waals surface area contributed by atoms with Crippen molar-refractivity contribution in [2.75, 3.05) is 38.2 Å². The van der Waals surface area contributed by atoms with E-state index in [-0.39, 0.29) is 0 Å². The highest BCUT2D eigenvalue weighted by Crippen LogP contribution is 2.02. The molecule has 1 aliphatic heterocycles. The summed E-state index contributed by atoms with van der Waals surface area (Å²) >= 11 is 0. The normalized spacial score (nSPS) is 18.5. The summed E-state index contributed by atoms with van der Waals surface area (Å²) in [5.74, 6) is 0. The number of nitrogens with zero attached hydrogens (tertiary/aromatic N) is 4. The van der Waals surface area contributed by atoms with E-state index >= 15 is 0 Å². The summed E-state index contributed by atoms with van der Waals surface area (Å²) in [6.07, 6.45) is 4.12. The molecule has 5 heteroatoms. The Morgan fingerprint density at radius 1 is 1.36 bits per heavy atom. The van der Waals surface area contributed by atoms with Gasteiger partial charge in [-0.2, -0.15) is 0 Å². The van der Waals surface area contributed by atoms with Crippen molar-refractivity contribution >= 4 is 6.29 Å². The second kappa shape index (κ2) is 3.79. The van der Waals surface area contributed by atoms with E-state index in [9.17, 15) is 4.79 Å². The first-order valence-corrected chi connectivity index (χ1v) is 4.72. The minimum absolute atomic E-state index is 0.620. The van der Waals surface area contributed by atoms with Gasteiger partial charge in [-0.1, -0.05) is 0 Å². The molecular weight excluding hydrogens is 180 g/mol. The lowest BCUT2D eigenvalue weighted by Gasteiger charge is -2.34. The third-order valence-corrected chi connectivity index (χ3v) is 2.55. The van der Waals surface area contributed by atoms with Crippen LogP contribution < -0.4 is 5.01 Å². The van der Waals surface area contributed by atoms with Gasteiger partial charge in [0.25, 0.3) is 0 Å². The quantitative estimate of drug-likeness (QED) is 0.600. The lowest BCUT2D eigenvalue weighted by molar-refractivity contribution is 0.111. The van der Waals surface area contributed by atoms with Crippen LogP contribution in [0.5, 0.6) is 0 Å². The van der Waals surface area contributed by atoms with Gasteiger partial charge in [0.15, 0.2) is 6.29 Å². The van der Waals surface area contributed by atoms with E-state index in [0.29, 0.717) is 5.69 Å². The second-order valence-electron chi connectivity index (χ2n) is 3.54. The molecule has 0 saturated carbocycles. The molecule has 0 atom stereocenters. The molecule has 1 fully saturated rings. The zero-order chi connectivity index (χ0) is 9.97. The van der Waals surface area contributed by atoms with Gasteiger partial charge in [-0.3, -0.25) is 4.79 Å². The van der Waals surface area contributed by atoms with E-state index in [2.05, 4.69) is 21.9 Å². The average molecular weight is 194 g/mol. The number of piperazine rings is 1. The number of aldehydes is 1. The molecule has 1 saturated heterocycles. The van der Waals surface area contributed by atoms with Crippen molar-refractivity contribution in [2.45, 2.75) is 0 Å². The molecule has 76 valence electrons. The van der Waals surface area contributed by atoms with Gasteiger partial charge in [0.05, 0.1) is 6.20 Å². The highest BCUT2D eigenvalue weighted by Gasteiger charge is 2.15. The number of imidazole rings is 1. The standard InChI is InChI=1S/C9H14N4O/c1-11-2-4-12(5-3-11)13-8-10-6-9(13)7-14/h6-8H,2-5H2,1H3. The molecular formula is C9H14N4O. The van der Waals surface area contributed by atoms with Crippen LogP contribution in [0.3, 0.4) is 0 Å². The molecule has 0 spiro atoms. The highest BCUT2D eigenvalue weighted by molar-refractivity contribution is 5.71. The SMILES string of the molecule is CN1CCN(n2cncc2C=O)CC1. The van der Waals surface area contributed by atoms with Crippen molar-refractivity contribution in [1.29, 1.82) is 0 Å². The Kier molecular flexibility index (Phi) is 2.49. The van der Waals surface area contributed by atoms with Crippen LogP contribution in [0.25, 0.3) is 0 Å². The van der Waals surface area contributed by atoms with Crippen LogP contribution in [-0.2, 0) is 0 Å². The van der Waals surface area contributed by atoms with Gasteiger partial charge in [0, 0.05) is 26.2 Å². The van der Waals surface area contributed by atoms with E-state index in [0.717, 1.165) is 32.5 Å². The number of rotatable bonds is 2. The number of aromatic nitrogens is 2. The van der Waals surface area contributed by atoms with Gasteiger partial charge in [-0.25, -0.2) is 9.66 Å². The molecule has 1 aliphatic rings. The minimum atomic E-state index is 0.620. The number of likely N-dealkylation sites (N-methyl/N-ethyl adjacent to an activating group) is 1. The summed E-state index contributed by atoms with van der Waals surface area (Å²) in [5, 5.41) is 2.14. The van der Waals surface area contributed by atoms with Gasteiger partial charge in [-0.15, -0.1) is 0 Å². The zero-order valence-electron chi connectivity index (χ0n) is 8.26. The van der Waals surface area contributed by atoms with E-state index in [1.54, 1.807) is 12.5 Å². The van der Waals surface area contributed by atoms with E-state index in [1.807, 2.05) is 4.68 Å². The van der Waals surface area contributed by atoms with Crippen LogP contribution in [0.15, 0.2) is 12.5 Å². The molecule has 0 aliphatic carbocycles. The lowest BCUT2D eigenvalue weighted by Crippen LogP contribution is -2.50. The first-order valence-electron chi connectivity index (χ1n) is 4.72. The molecule has 14 heavy (non-hydrogen) atoms. The molecule has 2 heterocycles. The summed E-state index contributed by atoms with van der Waals surface area (Å²) in [6.45, 7) is 3.92. The Balaban J connectivity index is 2.11. The molecule has 0 amide bonds. The third kappa shape index (κ3) is 1.63. The lowest BCUT2D eigenvalue weighted by atomic mass is 10.4. The fourth-order valence-electron chi connectivity index (χ4n) is 1.63. The molecule has 1 aromatic heterocycles. The maximum atomic E-state index is 10.7. The molecule has 5 nitrogen and oxygen atoms in total. The molecule has 1 aromatic rings. The van der Waals surface area contributed by atoms with Crippen molar-refractivity contribution < 1.29 is 4.79 Å². The Labute approximate surface area is 82.9 Å². The van der Waals surface area contributed by atoms with Crippen LogP contribution in [0.1, 0.15) is 10.5 Å². The molecule has 0 radical (unpaired) electrons. The smallest absolute Gasteiger partial charge is 0.170 e. The summed E-state index contributed by atoms with van der Waals surface area (Å²) in [5.41, 5.74) is 0.620. The van der Waals surface area contributed by atoms with Crippen molar-refractivity contribution in [3.63, 3.8) is 0 Å². The fourth-order valence-corrected chi connectivity index (χ4v) is 1.63. The Morgan fingerprint density at radius 3 is 2.71 bits per heavy atom. The average Bonchev–Trinajstić information content (AvgIpc) is 2.67. The van der Waals surface area contributed by atoms with E-state index in [4.69, 9.17) is 0 Å². The predicted molar refractivity (Wildman–Crippen MR) is 53.1 cm³/mol. The van der Waals surface area contributed by atoms with Crippen molar-refractivity contribution in [3.05, 3.63) is 18.2 Å². The predicted octanol–water partition coefficient (Wildman–Crippen LogP) is -0.421. The van der Waals surface area contributed by atoms with Crippen molar-refractivity contribution in [1.82, 2.24) is 14.6 Å². The minimum Gasteiger partial charge on any atom is -0.309 e. The summed E-state index contributed by atoms with van der Waals surface area (Å²) < 4.78 is 1.83. The highest BCUT2D eigenvalue weighted by atomic mass is 16.1. The van der Waals surface area contributed by atoms with Gasteiger partial charge >= 0.3 is 0 Å². The summed E-state index contributed by atoms with van der Waals surface area (Å²) in [7, 11) is 2.10. The van der Waals surface area contributed by atoms with E-state index < -0.39 is 0 Å². The van der Waals surface area contributed by atoms with Crippen LogP contribution in [0.4, 0.5) is 0 Å². The molecule has 0 aromatic carbocycles. The molecule has 0 bridgehead atoms. The maximum Gasteiger partial charge on any atom is 0.170 e. The summed E-state index contributed by atoms with van der Waals surface area (Å²) in [6, 6.07) is 0. The third-order valence-electron chi connectivity index (χ3n) is 2.55. The Morgan fingerprint density at radius 2 is 2.07 bits per heavy atom. The summed E-state index contributed by atoms with van der Waals surface area (Å²) in [4.78, 5) is 16.9. The number of carbonyl (C=O) groups excluding carboxylic acids is 1. The van der Waals surface area contributed by atoms with E-state index in [1.165, 1.54) is 0 Å². The van der Waals surface area contributed by atoms with Gasteiger partial charge < -0.3 is 9.91 Å². The van der Waals surface area contributed by atoms with Gasteiger partial charge in [0.2, 0.25) is 0 Å². The van der Waals surface area contributed by atoms with Gasteiger partial charge in [-0.05, 0) is 7.05 Å². The van der Waals surface area contributed by atoms with Crippen LogP contribution in [0, 0.1) is 0 Å². The molecule has 0 unspecified atom stereocenters. The largest absolute Gasteiger partial charge is 0.309 e. The zero-order valence-corrected chi connectivity index (χ0v) is 8.26. The monoisotopic (exact) mass is 194 g/mol. The Hall–Kier alpha value is -1.36. The van der Waals surface area contributed by atoms with Crippen LogP contribution >= 0.6 is 0 Å². The fraction of sp³-hybridized carbons (Fsp3) is 0.556. The first kappa shape index (κ1) is 9.21. The second-order valence-corrected chi connectivity index (χ2v) is 3.54. The number of hydrogen-bond donors (Lipinski definition) is 0. The first-order chi connectivity index (χ1) is 6.81. The Bertz CT molecular complexity index is 314. The van der Waals surface area contributed by atoms with Crippen molar-refractivity contribution in [2.24, 2.45) is 0 Å².